The molecule has 2 aliphatic rings. The van der Waals surface area contributed by atoms with E-state index in [0.29, 0.717) is 60.7 Å². The van der Waals surface area contributed by atoms with E-state index in [-0.39, 0.29) is 49.4 Å². The number of sulfonamides is 2. The van der Waals surface area contributed by atoms with Crippen LogP contribution >= 0.6 is 0 Å². The summed E-state index contributed by atoms with van der Waals surface area (Å²) < 4.78 is 98.6. The van der Waals surface area contributed by atoms with Gasteiger partial charge >= 0.3 is 0 Å². The Morgan fingerprint density at radius 3 is 1.07 bits per heavy atom. The summed E-state index contributed by atoms with van der Waals surface area (Å²) in [6, 6.07) is 32.3. The number of benzene rings is 4. The zero-order chi connectivity index (χ0) is 49.4. The molecule has 18 nitrogen and oxygen atoms in total. The third-order valence-electron chi connectivity index (χ3n) is 12.1. The average Bonchev–Trinajstić information content (AvgIpc) is 4.01. The normalized spacial score (nSPS) is 15.2. The predicted octanol–water partition coefficient (Wildman–Crippen LogP) is 5.71. The van der Waals surface area contributed by atoms with Gasteiger partial charge in [0.1, 0.15) is 23.0 Å². The van der Waals surface area contributed by atoms with Crippen molar-refractivity contribution in [1.82, 2.24) is 28.2 Å². The van der Waals surface area contributed by atoms with Crippen LogP contribution in [0.1, 0.15) is 47.5 Å². The van der Waals surface area contributed by atoms with Crippen LogP contribution in [0.15, 0.2) is 119 Å². The summed E-state index contributed by atoms with van der Waals surface area (Å²) in [7, 11) is 0.00336. The van der Waals surface area contributed by atoms with E-state index in [1.54, 1.807) is 70.6 Å². The zero-order valence-corrected chi connectivity index (χ0v) is 41.5. The van der Waals surface area contributed by atoms with Gasteiger partial charge in [0.15, 0.2) is 21.3 Å². The molecule has 0 spiro atoms. The first-order chi connectivity index (χ1) is 33.1. The number of aliphatic hydroxyl groups is 1. The number of rotatable bonds is 21. The number of hydrogen-bond donors (Lipinski definition) is 1. The van der Waals surface area contributed by atoms with Crippen LogP contribution in [-0.4, -0.2) is 112 Å². The van der Waals surface area contributed by atoms with E-state index < -0.39 is 31.2 Å². The first-order valence-corrected chi connectivity index (χ1v) is 25.1. The third-order valence-corrected chi connectivity index (χ3v) is 15.4. The Bertz CT molecular complexity index is 2740. The Morgan fingerprint density at radius 1 is 0.522 bits per heavy atom. The van der Waals surface area contributed by atoms with Gasteiger partial charge < -0.3 is 38.3 Å². The summed E-state index contributed by atoms with van der Waals surface area (Å²) >= 11 is 0. The molecule has 0 aliphatic carbocycles. The predicted molar refractivity (Wildman–Crippen MR) is 255 cm³/mol. The Labute approximate surface area is 403 Å². The fourth-order valence-electron chi connectivity index (χ4n) is 7.82. The van der Waals surface area contributed by atoms with Gasteiger partial charge in [-0.3, -0.25) is 9.36 Å². The van der Waals surface area contributed by atoms with Crippen molar-refractivity contribution in [1.29, 1.82) is 0 Å². The molecular formula is C49H60N6O12S2. The summed E-state index contributed by atoms with van der Waals surface area (Å²) in [5.41, 5.74) is 2.49. The van der Waals surface area contributed by atoms with Crippen molar-refractivity contribution in [3.63, 3.8) is 0 Å². The molecule has 69 heavy (non-hydrogen) atoms. The van der Waals surface area contributed by atoms with Crippen molar-refractivity contribution < 1.29 is 55.1 Å². The van der Waals surface area contributed by atoms with Crippen molar-refractivity contribution >= 4 is 20.0 Å². The molecule has 2 fully saturated rings. The Kier molecular flexibility index (Phi) is 16.2. The maximum atomic E-state index is 13.9. The largest absolute Gasteiger partial charge is 0.497 e. The monoisotopic (exact) mass is 988 g/mol. The number of aryl methyl sites for hydroxylation is 2. The second-order valence-corrected chi connectivity index (χ2v) is 20.3. The van der Waals surface area contributed by atoms with Gasteiger partial charge in [-0.25, -0.2) is 16.8 Å². The SMILES string of the molecule is CCn1nc(S(=O)(=O)N(Cc2ccc(OC)cc2)Cc2ccc(OC)cc2)cc1C1(O)COC1.CCn1nc(S(=O)(=O)N(Cc2ccc(OC)cc2)Cc2ccc(OC)cc2)cc1C1(OC)COC1. The van der Waals surface area contributed by atoms with Crippen LogP contribution < -0.4 is 18.9 Å². The van der Waals surface area contributed by atoms with Crippen LogP contribution in [0, 0.1) is 0 Å². The van der Waals surface area contributed by atoms with E-state index in [0.717, 1.165) is 22.3 Å². The molecular weight excluding hydrogens is 929 g/mol. The molecule has 0 atom stereocenters. The highest BCUT2D eigenvalue weighted by molar-refractivity contribution is 7.89. The van der Waals surface area contributed by atoms with Crippen molar-refractivity contribution in [2.75, 3.05) is 62.0 Å². The molecule has 0 bridgehead atoms. The second kappa shape index (κ2) is 21.8. The van der Waals surface area contributed by atoms with Gasteiger partial charge in [-0.1, -0.05) is 48.5 Å². The lowest BCUT2D eigenvalue weighted by Gasteiger charge is -2.39. The van der Waals surface area contributed by atoms with E-state index in [1.165, 1.54) is 19.4 Å². The summed E-state index contributed by atoms with van der Waals surface area (Å²) in [5, 5.41) is 19.4. The standard InChI is InChI=1S/C25H31N3O6S.C24H29N3O6S/c1-5-28-23(25(33-4)17-34-18-25)14-24(26-28)35(29,30)27(15-19-6-10-21(31-2)11-7-19)16-20-8-12-22(32-3)13-9-20;1-4-27-22(24(28)16-33-17-24)13-23(25-27)34(29,30)26(14-18-5-9-20(31-2)10-6-18)15-19-7-11-21(32-3)12-8-19/h6-14H,5,15-18H2,1-4H3;5-13,28H,4,14-17H2,1-3H3. The Hall–Kier alpha value is -5.84. The van der Waals surface area contributed by atoms with Gasteiger partial charge in [0.2, 0.25) is 0 Å². The van der Waals surface area contributed by atoms with E-state index in [2.05, 4.69) is 10.2 Å². The van der Waals surface area contributed by atoms with Crippen molar-refractivity contribution in [3.05, 3.63) is 143 Å². The Morgan fingerprint density at radius 2 is 0.826 bits per heavy atom. The lowest BCUT2D eigenvalue weighted by molar-refractivity contribution is -0.206. The number of aromatic nitrogens is 4. The van der Waals surface area contributed by atoms with E-state index in [9.17, 15) is 21.9 Å². The van der Waals surface area contributed by atoms with Crippen LogP contribution in [-0.2, 0) is 84.7 Å². The molecule has 0 radical (unpaired) electrons. The van der Waals surface area contributed by atoms with Crippen molar-refractivity contribution in [2.45, 2.75) is 74.4 Å². The molecule has 20 heteroatoms. The van der Waals surface area contributed by atoms with E-state index >= 15 is 0 Å². The van der Waals surface area contributed by atoms with Gasteiger partial charge in [0.05, 0.1) is 66.3 Å². The van der Waals surface area contributed by atoms with Gasteiger partial charge in [0.25, 0.3) is 20.0 Å². The highest BCUT2D eigenvalue weighted by atomic mass is 32.2. The van der Waals surface area contributed by atoms with Gasteiger partial charge in [0, 0.05) is 58.5 Å². The van der Waals surface area contributed by atoms with E-state index in [4.69, 9.17) is 33.2 Å². The van der Waals surface area contributed by atoms with Crippen LogP contribution in [0.3, 0.4) is 0 Å². The number of hydrogen-bond acceptors (Lipinski definition) is 14. The first kappa shape index (κ1) is 51.0. The summed E-state index contributed by atoms with van der Waals surface area (Å²) in [4.78, 5) is 0. The first-order valence-electron chi connectivity index (χ1n) is 22.3. The molecule has 370 valence electrons. The smallest absolute Gasteiger partial charge is 0.263 e. The molecule has 4 heterocycles. The molecule has 8 rings (SSSR count). The lowest BCUT2D eigenvalue weighted by Crippen LogP contribution is -2.49. The highest BCUT2D eigenvalue weighted by Gasteiger charge is 2.45. The zero-order valence-electron chi connectivity index (χ0n) is 39.9. The quantitative estimate of drug-likeness (QED) is 0.0921. The fourth-order valence-corrected chi connectivity index (χ4v) is 10.5. The van der Waals surface area contributed by atoms with Gasteiger partial charge in [-0.2, -0.15) is 18.8 Å². The summed E-state index contributed by atoms with van der Waals surface area (Å²) in [6.07, 6.45) is 0. The van der Waals surface area contributed by atoms with Crippen molar-refractivity contribution in [2.24, 2.45) is 0 Å². The molecule has 2 aliphatic heterocycles. The van der Waals surface area contributed by atoms with Gasteiger partial charge in [-0.15, -0.1) is 0 Å². The van der Waals surface area contributed by atoms with Crippen LogP contribution in [0.4, 0.5) is 0 Å². The minimum Gasteiger partial charge on any atom is -0.497 e. The number of nitrogens with zero attached hydrogens (tertiary/aromatic N) is 6. The molecule has 0 amide bonds. The van der Waals surface area contributed by atoms with Gasteiger partial charge in [-0.05, 0) is 84.6 Å². The minimum absolute atomic E-state index is 0.0142. The minimum atomic E-state index is -4.00. The number of methoxy groups -OCH3 is 5. The maximum absolute atomic E-state index is 13.9. The van der Waals surface area contributed by atoms with Crippen LogP contribution in [0.25, 0.3) is 0 Å². The van der Waals surface area contributed by atoms with E-state index in [1.807, 2.05) is 86.6 Å². The third kappa shape index (κ3) is 11.3. The highest BCUT2D eigenvalue weighted by Crippen LogP contribution is 2.36. The maximum Gasteiger partial charge on any atom is 0.263 e. The Balaban J connectivity index is 0.000000204. The topological polar surface area (TPSA) is 195 Å². The van der Waals surface area contributed by atoms with Crippen LogP contribution in [0.5, 0.6) is 23.0 Å². The number of ether oxygens (including phenoxy) is 7. The molecule has 6 aromatic rings. The summed E-state index contributed by atoms with van der Waals surface area (Å²) in [5.74, 6) is 2.79. The lowest BCUT2D eigenvalue weighted by atomic mass is 9.97. The molecule has 2 aromatic heterocycles. The molecule has 0 saturated carbocycles. The molecule has 1 N–H and O–H groups in total. The molecule has 0 unspecified atom stereocenters. The second-order valence-electron chi connectivity index (χ2n) is 16.5. The summed E-state index contributed by atoms with van der Waals surface area (Å²) in [6.45, 7) is 6.25. The fraction of sp³-hybridized carbons (Fsp3) is 0.388. The molecule has 2 saturated heterocycles. The van der Waals surface area contributed by atoms with Crippen molar-refractivity contribution in [3.8, 4) is 23.0 Å². The molecule has 4 aromatic carbocycles. The average molecular weight is 989 g/mol. The van der Waals surface area contributed by atoms with Crippen LogP contribution in [0.2, 0.25) is 0 Å².